The van der Waals surface area contributed by atoms with E-state index >= 15 is 0 Å². The Balaban J connectivity index is 2.26. The zero-order chi connectivity index (χ0) is 9.97. The normalized spacial score (nSPS) is 13.0. The maximum absolute atomic E-state index is 5.50. The van der Waals surface area contributed by atoms with Crippen LogP contribution >= 0.6 is 0 Å². The van der Waals surface area contributed by atoms with Gasteiger partial charge in [-0.15, -0.1) is 0 Å². The molecule has 0 saturated heterocycles. The van der Waals surface area contributed by atoms with Gasteiger partial charge in [-0.3, -0.25) is 0 Å². The summed E-state index contributed by atoms with van der Waals surface area (Å²) in [5.41, 5.74) is 6.35. The number of H-pyrrole nitrogens is 1. The zero-order valence-corrected chi connectivity index (χ0v) is 7.90. The van der Waals surface area contributed by atoms with E-state index in [4.69, 9.17) is 10.3 Å². The topological polar surface area (TPSA) is 80.7 Å². The average Bonchev–Trinajstić information content (AvgIpc) is 2.86. The first kappa shape index (κ1) is 8.96. The van der Waals surface area contributed by atoms with Crippen LogP contribution in [0.1, 0.15) is 18.7 Å². The van der Waals surface area contributed by atoms with Gasteiger partial charge in [0, 0.05) is 18.7 Å². The standard InChI is InChI=1S/C9H12N4O/c1-6(5-10)9-12-8(13-14-9)7-3-2-4-11-7/h2-4,6,11H,5,10H2,1H3. The molecule has 0 aliphatic heterocycles. The van der Waals surface area contributed by atoms with Gasteiger partial charge < -0.3 is 15.2 Å². The monoisotopic (exact) mass is 192 g/mol. The van der Waals surface area contributed by atoms with Gasteiger partial charge in [-0.25, -0.2) is 0 Å². The third kappa shape index (κ3) is 1.54. The molecule has 5 nitrogen and oxygen atoms in total. The number of hydrogen-bond donors (Lipinski definition) is 2. The van der Waals surface area contributed by atoms with Crippen molar-refractivity contribution in [2.45, 2.75) is 12.8 Å². The molecule has 14 heavy (non-hydrogen) atoms. The Morgan fingerprint density at radius 3 is 3.14 bits per heavy atom. The SMILES string of the molecule is CC(CN)c1nc(-c2ccc[nH]2)no1. The number of nitrogens with zero attached hydrogens (tertiary/aromatic N) is 2. The van der Waals surface area contributed by atoms with Crippen LogP contribution < -0.4 is 5.73 Å². The van der Waals surface area contributed by atoms with Crippen LogP contribution in [0.25, 0.3) is 11.5 Å². The minimum Gasteiger partial charge on any atom is -0.359 e. The van der Waals surface area contributed by atoms with E-state index in [-0.39, 0.29) is 5.92 Å². The largest absolute Gasteiger partial charge is 0.359 e. The van der Waals surface area contributed by atoms with E-state index in [2.05, 4.69) is 15.1 Å². The molecule has 0 bridgehead atoms. The van der Waals surface area contributed by atoms with E-state index in [0.29, 0.717) is 18.3 Å². The lowest BCUT2D eigenvalue weighted by Crippen LogP contribution is -2.08. The van der Waals surface area contributed by atoms with Crippen molar-refractivity contribution in [1.82, 2.24) is 15.1 Å². The van der Waals surface area contributed by atoms with Gasteiger partial charge in [0.15, 0.2) is 0 Å². The Morgan fingerprint density at radius 2 is 2.50 bits per heavy atom. The van der Waals surface area contributed by atoms with Gasteiger partial charge in [0.05, 0.1) is 5.69 Å². The van der Waals surface area contributed by atoms with Crippen LogP contribution in [0.4, 0.5) is 0 Å². The zero-order valence-electron chi connectivity index (χ0n) is 7.90. The molecule has 3 N–H and O–H groups in total. The molecule has 5 heteroatoms. The van der Waals surface area contributed by atoms with E-state index in [9.17, 15) is 0 Å². The molecule has 2 aromatic heterocycles. The van der Waals surface area contributed by atoms with Crippen molar-refractivity contribution in [1.29, 1.82) is 0 Å². The molecule has 1 atom stereocenters. The molecule has 0 spiro atoms. The Kier molecular flexibility index (Phi) is 2.32. The van der Waals surface area contributed by atoms with Crippen LogP contribution in [-0.2, 0) is 0 Å². The summed E-state index contributed by atoms with van der Waals surface area (Å²) in [6.45, 7) is 2.46. The molecule has 2 rings (SSSR count). The third-order valence-electron chi connectivity index (χ3n) is 2.06. The van der Waals surface area contributed by atoms with Crippen LogP contribution in [-0.4, -0.2) is 21.7 Å². The lowest BCUT2D eigenvalue weighted by atomic mass is 10.2. The Morgan fingerprint density at radius 1 is 1.64 bits per heavy atom. The average molecular weight is 192 g/mol. The van der Waals surface area contributed by atoms with Crippen LogP contribution in [0.15, 0.2) is 22.9 Å². The number of rotatable bonds is 3. The van der Waals surface area contributed by atoms with Crippen molar-refractivity contribution in [2.75, 3.05) is 6.54 Å². The summed E-state index contributed by atoms with van der Waals surface area (Å²) in [6.07, 6.45) is 1.82. The smallest absolute Gasteiger partial charge is 0.231 e. The van der Waals surface area contributed by atoms with Crippen LogP contribution in [0, 0.1) is 0 Å². The van der Waals surface area contributed by atoms with Crippen LogP contribution in [0.2, 0.25) is 0 Å². The summed E-state index contributed by atoms with van der Waals surface area (Å²) in [6, 6.07) is 3.78. The van der Waals surface area contributed by atoms with Gasteiger partial charge in [-0.05, 0) is 12.1 Å². The Hall–Kier alpha value is -1.62. The Bertz CT molecular complexity index is 393. The quantitative estimate of drug-likeness (QED) is 0.763. The molecule has 2 heterocycles. The molecule has 0 aliphatic rings. The first-order valence-electron chi connectivity index (χ1n) is 4.48. The lowest BCUT2D eigenvalue weighted by molar-refractivity contribution is 0.361. The van der Waals surface area contributed by atoms with E-state index in [1.54, 1.807) is 0 Å². The van der Waals surface area contributed by atoms with Gasteiger partial charge in [0.25, 0.3) is 0 Å². The molecule has 0 amide bonds. The fraction of sp³-hybridized carbons (Fsp3) is 0.333. The number of aromatic nitrogens is 3. The maximum atomic E-state index is 5.50. The third-order valence-corrected chi connectivity index (χ3v) is 2.06. The lowest BCUT2D eigenvalue weighted by Gasteiger charge is -1.98. The highest BCUT2D eigenvalue weighted by molar-refractivity contribution is 5.47. The maximum Gasteiger partial charge on any atom is 0.231 e. The van der Waals surface area contributed by atoms with Gasteiger partial charge in [-0.2, -0.15) is 4.98 Å². The second-order valence-corrected chi connectivity index (χ2v) is 3.18. The fourth-order valence-electron chi connectivity index (χ4n) is 1.12. The summed E-state index contributed by atoms with van der Waals surface area (Å²) < 4.78 is 5.08. The Labute approximate surface area is 81.3 Å². The molecule has 1 unspecified atom stereocenters. The summed E-state index contributed by atoms with van der Waals surface area (Å²) in [5, 5.41) is 3.85. The summed E-state index contributed by atoms with van der Waals surface area (Å²) >= 11 is 0. The van der Waals surface area contributed by atoms with Gasteiger partial charge in [0.2, 0.25) is 11.7 Å². The fourth-order valence-corrected chi connectivity index (χ4v) is 1.12. The van der Waals surface area contributed by atoms with E-state index in [1.165, 1.54) is 0 Å². The first-order chi connectivity index (χ1) is 6.81. The number of hydrogen-bond acceptors (Lipinski definition) is 4. The van der Waals surface area contributed by atoms with E-state index < -0.39 is 0 Å². The molecule has 2 aromatic rings. The summed E-state index contributed by atoms with van der Waals surface area (Å²) in [7, 11) is 0. The number of nitrogens with one attached hydrogen (secondary N) is 1. The molecule has 0 fully saturated rings. The van der Waals surface area contributed by atoms with Crippen molar-refractivity contribution in [2.24, 2.45) is 5.73 Å². The molecule has 0 saturated carbocycles. The second-order valence-electron chi connectivity index (χ2n) is 3.18. The van der Waals surface area contributed by atoms with E-state index in [1.807, 2.05) is 25.3 Å². The minimum atomic E-state index is 0.103. The highest BCUT2D eigenvalue weighted by atomic mass is 16.5. The molecule has 0 aromatic carbocycles. The van der Waals surface area contributed by atoms with Crippen LogP contribution in [0.3, 0.4) is 0 Å². The molecular weight excluding hydrogens is 180 g/mol. The van der Waals surface area contributed by atoms with Crippen molar-refractivity contribution in [3.05, 3.63) is 24.2 Å². The summed E-state index contributed by atoms with van der Waals surface area (Å²) in [5.74, 6) is 1.26. The van der Waals surface area contributed by atoms with Gasteiger partial charge in [-0.1, -0.05) is 12.1 Å². The van der Waals surface area contributed by atoms with Crippen molar-refractivity contribution >= 4 is 0 Å². The van der Waals surface area contributed by atoms with Crippen molar-refractivity contribution in [3.63, 3.8) is 0 Å². The molecular formula is C9H12N4O. The van der Waals surface area contributed by atoms with E-state index in [0.717, 1.165) is 5.69 Å². The minimum absolute atomic E-state index is 0.103. The highest BCUT2D eigenvalue weighted by Crippen LogP contribution is 2.16. The molecule has 0 radical (unpaired) electrons. The van der Waals surface area contributed by atoms with Crippen molar-refractivity contribution in [3.8, 4) is 11.5 Å². The van der Waals surface area contributed by atoms with Gasteiger partial charge in [0.1, 0.15) is 0 Å². The highest BCUT2D eigenvalue weighted by Gasteiger charge is 2.13. The van der Waals surface area contributed by atoms with Crippen LogP contribution in [0.5, 0.6) is 0 Å². The van der Waals surface area contributed by atoms with Crippen molar-refractivity contribution < 1.29 is 4.52 Å². The molecule has 0 aliphatic carbocycles. The summed E-state index contributed by atoms with van der Waals surface area (Å²) in [4.78, 5) is 7.24. The second kappa shape index (κ2) is 3.63. The van der Waals surface area contributed by atoms with Gasteiger partial charge >= 0.3 is 0 Å². The number of aromatic amines is 1. The number of nitrogens with two attached hydrogens (primary N) is 1. The predicted octanol–water partition coefficient (Wildman–Crippen LogP) is 1.13. The molecule has 74 valence electrons. The first-order valence-corrected chi connectivity index (χ1v) is 4.48. The predicted molar refractivity (Wildman–Crippen MR) is 51.6 cm³/mol.